The van der Waals surface area contributed by atoms with E-state index in [9.17, 15) is 9.59 Å². The van der Waals surface area contributed by atoms with Crippen molar-refractivity contribution in [2.45, 2.75) is 0 Å². The predicted molar refractivity (Wildman–Crippen MR) is 85.4 cm³/mol. The molecule has 1 aromatic heterocycles. The first-order valence-electron chi connectivity index (χ1n) is 6.76. The van der Waals surface area contributed by atoms with Crippen molar-refractivity contribution < 1.29 is 9.53 Å². The topological polar surface area (TPSA) is 60.3 Å². The molecule has 1 heterocycles. The zero-order chi connectivity index (χ0) is 15.5. The predicted octanol–water partition coefficient (Wildman–Crippen LogP) is 2.98. The van der Waals surface area contributed by atoms with E-state index in [1.807, 2.05) is 48.5 Å². The average Bonchev–Trinajstić information content (AvgIpc) is 2.58. The Morgan fingerprint density at radius 2 is 1.73 bits per heavy atom. The summed E-state index contributed by atoms with van der Waals surface area (Å²) in [6, 6.07) is 18.5. The summed E-state index contributed by atoms with van der Waals surface area (Å²) in [4.78, 5) is 24.2. The number of aromatic nitrogens is 1. The maximum Gasteiger partial charge on any atom is 0.426 e. The highest BCUT2D eigenvalue weighted by atomic mass is 16.5. The van der Waals surface area contributed by atoms with Crippen LogP contribution in [0.5, 0.6) is 0 Å². The highest BCUT2D eigenvalue weighted by Crippen LogP contribution is 2.21. The van der Waals surface area contributed by atoms with Gasteiger partial charge in [0.25, 0.3) is 5.56 Å². The molecule has 0 aliphatic rings. The Hall–Kier alpha value is -3.08. The highest BCUT2D eigenvalue weighted by molar-refractivity contribution is 5.87. The monoisotopic (exact) mass is 294 g/mol. The molecule has 22 heavy (non-hydrogen) atoms. The number of nitrogens with zero attached hydrogens (tertiary/aromatic N) is 1. The van der Waals surface area contributed by atoms with Gasteiger partial charge < -0.3 is 4.74 Å². The fourth-order valence-corrected chi connectivity index (χ4v) is 2.33. The average molecular weight is 294 g/mol. The number of nitrogens with one attached hydrogen (secondary N) is 1. The third kappa shape index (κ3) is 2.44. The van der Waals surface area contributed by atoms with Crippen molar-refractivity contribution in [3.8, 4) is 11.3 Å². The number of pyridine rings is 1. The molecule has 3 rings (SSSR count). The van der Waals surface area contributed by atoms with Gasteiger partial charge in [-0.3, -0.25) is 4.79 Å². The number of hydrogen-bond acceptors (Lipinski definition) is 3. The van der Waals surface area contributed by atoms with Crippen LogP contribution in [0.2, 0.25) is 0 Å². The Labute approximate surface area is 126 Å². The molecule has 0 bridgehead atoms. The lowest BCUT2D eigenvalue weighted by Crippen LogP contribution is -2.34. The standard InChI is InChI=1S/C17H14N2O3/c1-22-17(21)18-19-15(12-7-3-2-4-8-12)11-13-9-5-6-10-14(13)16(19)20/h2-11H,1H3,(H,18,21). The quantitative estimate of drug-likeness (QED) is 0.790. The molecule has 5 nitrogen and oxygen atoms in total. The van der Waals surface area contributed by atoms with E-state index in [-0.39, 0.29) is 5.56 Å². The minimum Gasteiger partial charge on any atom is -0.452 e. The zero-order valence-electron chi connectivity index (χ0n) is 11.9. The van der Waals surface area contributed by atoms with Gasteiger partial charge in [-0.1, -0.05) is 48.5 Å². The van der Waals surface area contributed by atoms with E-state index < -0.39 is 6.09 Å². The molecule has 0 saturated heterocycles. The molecular weight excluding hydrogens is 280 g/mol. The largest absolute Gasteiger partial charge is 0.452 e. The van der Waals surface area contributed by atoms with E-state index in [2.05, 4.69) is 10.2 Å². The summed E-state index contributed by atoms with van der Waals surface area (Å²) in [5.41, 5.74) is 3.57. The fourth-order valence-electron chi connectivity index (χ4n) is 2.33. The first kappa shape index (κ1) is 13.9. The van der Waals surface area contributed by atoms with Crippen LogP contribution in [0.1, 0.15) is 0 Å². The van der Waals surface area contributed by atoms with E-state index in [1.54, 1.807) is 12.1 Å². The summed E-state index contributed by atoms with van der Waals surface area (Å²) in [7, 11) is 1.25. The van der Waals surface area contributed by atoms with E-state index in [4.69, 9.17) is 0 Å². The number of ether oxygens (including phenoxy) is 1. The van der Waals surface area contributed by atoms with Crippen LogP contribution in [-0.4, -0.2) is 17.9 Å². The van der Waals surface area contributed by atoms with Crippen molar-refractivity contribution in [2.24, 2.45) is 0 Å². The molecule has 0 aliphatic heterocycles. The number of carbonyl (C=O) groups excluding carboxylic acids is 1. The minimum absolute atomic E-state index is 0.303. The Morgan fingerprint density at radius 1 is 1.05 bits per heavy atom. The van der Waals surface area contributed by atoms with Gasteiger partial charge in [-0.25, -0.2) is 14.9 Å². The van der Waals surface area contributed by atoms with Crippen molar-refractivity contribution in [1.82, 2.24) is 4.68 Å². The number of fused-ring (bicyclic) bond motifs is 1. The summed E-state index contributed by atoms with van der Waals surface area (Å²) < 4.78 is 5.81. The third-order valence-corrected chi connectivity index (χ3v) is 3.39. The van der Waals surface area contributed by atoms with Gasteiger partial charge in [-0.2, -0.15) is 0 Å². The molecule has 1 N–H and O–H groups in total. The minimum atomic E-state index is -0.699. The number of amides is 1. The van der Waals surface area contributed by atoms with Gasteiger partial charge in [-0.15, -0.1) is 0 Å². The fraction of sp³-hybridized carbons (Fsp3) is 0.0588. The van der Waals surface area contributed by atoms with Crippen LogP contribution in [0.25, 0.3) is 22.0 Å². The Balaban J connectivity index is 2.31. The van der Waals surface area contributed by atoms with Gasteiger partial charge in [0.2, 0.25) is 0 Å². The molecule has 2 aromatic carbocycles. The van der Waals surface area contributed by atoms with Crippen LogP contribution in [0.15, 0.2) is 65.5 Å². The molecule has 1 amide bonds. The first-order valence-corrected chi connectivity index (χ1v) is 6.76. The van der Waals surface area contributed by atoms with Crippen molar-refractivity contribution >= 4 is 16.9 Å². The molecule has 0 atom stereocenters. The molecule has 0 saturated carbocycles. The van der Waals surface area contributed by atoms with E-state index in [1.165, 1.54) is 11.8 Å². The zero-order valence-corrected chi connectivity index (χ0v) is 11.9. The van der Waals surface area contributed by atoms with Gasteiger partial charge in [0.15, 0.2) is 0 Å². The maximum atomic E-state index is 12.7. The van der Waals surface area contributed by atoms with Crippen molar-refractivity contribution in [2.75, 3.05) is 12.5 Å². The Morgan fingerprint density at radius 3 is 2.45 bits per heavy atom. The normalized spacial score (nSPS) is 10.4. The number of rotatable bonds is 2. The highest BCUT2D eigenvalue weighted by Gasteiger charge is 2.13. The lowest BCUT2D eigenvalue weighted by Gasteiger charge is -2.14. The molecule has 5 heteroatoms. The smallest absolute Gasteiger partial charge is 0.426 e. The van der Waals surface area contributed by atoms with Gasteiger partial charge >= 0.3 is 6.09 Å². The number of hydrogen-bond donors (Lipinski definition) is 1. The van der Waals surface area contributed by atoms with Gasteiger partial charge in [0, 0.05) is 10.9 Å². The second-order valence-electron chi connectivity index (χ2n) is 4.73. The summed E-state index contributed by atoms with van der Waals surface area (Å²) in [6.45, 7) is 0. The van der Waals surface area contributed by atoms with Crippen molar-refractivity contribution in [1.29, 1.82) is 0 Å². The molecule has 0 unspecified atom stereocenters. The van der Waals surface area contributed by atoms with Gasteiger partial charge in [0.1, 0.15) is 0 Å². The van der Waals surface area contributed by atoms with E-state index in [0.29, 0.717) is 11.1 Å². The molecule has 0 fully saturated rings. The molecule has 3 aromatic rings. The number of benzene rings is 2. The number of methoxy groups -OCH3 is 1. The van der Waals surface area contributed by atoms with E-state index in [0.717, 1.165) is 10.9 Å². The Bertz CT molecular complexity index is 885. The van der Waals surface area contributed by atoms with Crippen LogP contribution < -0.4 is 11.0 Å². The van der Waals surface area contributed by atoms with Gasteiger partial charge in [-0.05, 0) is 17.5 Å². The molecular formula is C17H14N2O3. The summed E-state index contributed by atoms with van der Waals surface area (Å²) in [5, 5.41) is 1.34. The maximum absolute atomic E-state index is 12.7. The van der Waals surface area contributed by atoms with E-state index >= 15 is 0 Å². The summed E-state index contributed by atoms with van der Waals surface area (Å²) in [6.07, 6.45) is -0.699. The van der Waals surface area contributed by atoms with Gasteiger partial charge in [0.05, 0.1) is 12.8 Å². The van der Waals surface area contributed by atoms with Crippen LogP contribution in [0.3, 0.4) is 0 Å². The number of carbonyl (C=O) groups is 1. The van der Waals surface area contributed by atoms with Crippen LogP contribution in [-0.2, 0) is 4.74 Å². The second-order valence-corrected chi connectivity index (χ2v) is 4.73. The van der Waals surface area contributed by atoms with Crippen molar-refractivity contribution in [3.05, 3.63) is 71.0 Å². The van der Waals surface area contributed by atoms with Crippen LogP contribution in [0, 0.1) is 0 Å². The Kier molecular flexibility index (Phi) is 3.62. The molecule has 110 valence electrons. The summed E-state index contributed by atoms with van der Waals surface area (Å²) in [5.74, 6) is 0. The first-order chi connectivity index (χ1) is 10.7. The third-order valence-electron chi connectivity index (χ3n) is 3.39. The molecule has 0 aliphatic carbocycles. The van der Waals surface area contributed by atoms with Crippen LogP contribution in [0.4, 0.5) is 4.79 Å². The second kappa shape index (κ2) is 5.73. The SMILES string of the molecule is COC(=O)Nn1c(-c2ccccc2)cc2ccccc2c1=O. The molecule has 0 spiro atoms. The lowest BCUT2D eigenvalue weighted by molar-refractivity contribution is 0.183. The van der Waals surface area contributed by atoms with Crippen molar-refractivity contribution in [3.63, 3.8) is 0 Å². The summed E-state index contributed by atoms with van der Waals surface area (Å²) >= 11 is 0. The molecule has 0 radical (unpaired) electrons. The lowest BCUT2D eigenvalue weighted by atomic mass is 10.1. The van der Waals surface area contributed by atoms with Crippen LogP contribution >= 0.6 is 0 Å².